The average Bonchev–Trinajstić information content (AvgIpc) is 3.20. The molecule has 1 aliphatic rings. The van der Waals surface area contributed by atoms with Crippen molar-refractivity contribution in [3.8, 4) is 29.0 Å². The van der Waals surface area contributed by atoms with Gasteiger partial charge in [-0.3, -0.25) is 0 Å². The molecule has 1 atom stereocenters. The van der Waals surface area contributed by atoms with Gasteiger partial charge in [0.1, 0.15) is 40.6 Å². The summed E-state index contributed by atoms with van der Waals surface area (Å²) in [5.74, 6) is -0.733. The van der Waals surface area contributed by atoms with Gasteiger partial charge in [0, 0.05) is 22.7 Å². The molecular formula is C28H20ClF2N7O2S. The SMILES string of the molecule is C=CC(c1cccnc1N)N1CCOc2c(Cl)c(-c3ccc(F)c4sc(N)c(C#N)c34)c(F)c3nc(OC)nc1c23. The summed E-state index contributed by atoms with van der Waals surface area (Å²) in [5, 5.41) is 10.1. The molecule has 41 heavy (non-hydrogen) atoms. The molecule has 206 valence electrons. The minimum absolute atomic E-state index is 0.0249. The summed E-state index contributed by atoms with van der Waals surface area (Å²) in [6, 6.07) is 7.46. The van der Waals surface area contributed by atoms with Crippen molar-refractivity contribution in [2.24, 2.45) is 0 Å². The second-order valence-electron chi connectivity index (χ2n) is 9.04. The summed E-state index contributed by atoms with van der Waals surface area (Å²) in [6.07, 6.45) is 3.25. The first-order valence-corrected chi connectivity index (χ1v) is 13.4. The van der Waals surface area contributed by atoms with Gasteiger partial charge in [-0.1, -0.05) is 29.8 Å². The van der Waals surface area contributed by atoms with Crippen LogP contribution in [0.15, 0.2) is 43.1 Å². The van der Waals surface area contributed by atoms with Gasteiger partial charge in [0.2, 0.25) is 0 Å². The Morgan fingerprint density at radius 1 is 1.27 bits per heavy atom. The van der Waals surface area contributed by atoms with Crippen molar-refractivity contribution in [2.45, 2.75) is 6.04 Å². The highest BCUT2D eigenvalue weighted by Gasteiger charge is 2.34. The third kappa shape index (κ3) is 3.96. The van der Waals surface area contributed by atoms with Crippen molar-refractivity contribution in [1.29, 1.82) is 5.26 Å². The van der Waals surface area contributed by atoms with Crippen LogP contribution in [-0.4, -0.2) is 35.2 Å². The summed E-state index contributed by atoms with van der Waals surface area (Å²) in [7, 11) is 1.36. The van der Waals surface area contributed by atoms with Gasteiger partial charge in [0.15, 0.2) is 11.6 Å². The van der Waals surface area contributed by atoms with Crippen LogP contribution in [0.1, 0.15) is 17.2 Å². The highest BCUT2D eigenvalue weighted by atomic mass is 35.5. The van der Waals surface area contributed by atoms with E-state index in [1.165, 1.54) is 19.2 Å². The van der Waals surface area contributed by atoms with E-state index in [0.717, 1.165) is 11.3 Å². The molecule has 1 unspecified atom stereocenters. The maximum absolute atomic E-state index is 16.7. The van der Waals surface area contributed by atoms with E-state index in [1.807, 2.05) is 17.0 Å². The Labute approximate surface area is 241 Å². The number of nitrogen functional groups attached to an aromatic ring is 2. The smallest absolute Gasteiger partial charge is 0.318 e. The topological polar surface area (TPSA) is 136 Å². The molecule has 0 aliphatic carbocycles. The van der Waals surface area contributed by atoms with Crippen LogP contribution in [0, 0.1) is 23.0 Å². The molecule has 0 amide bonds. The Balaban J connectivity index is 1.69. The third-order valence-corrected chi connectivity index (χ3v) is 8.31. The number of halogens is 3. The van der Waals surface area contributed by atoms with Crippen molar-refractivity contribution < 1.29 is 18.3 Å². The Kier molecular flexibility index (Phi) is 6.48. The van der Waals surface area contributed by atoms with Crippen molar-refractivity contribution in [3.05, 3.63) is 70.9 Å². The zero-order valence-electron chi connectivity index (χ0n) is 21.4. The molecular weight excluding hydrogens is 572 g/mol. The second kappa shape index (κ2) is 10.0. The lowest BCUT2D eigenvalue weighted by Crippen LogP contribution is -2.32. The lowest BCUT2D eigenvalue weighted by atomic mass is 9.96. The molecule has 0 saturated carbocycles. The van der Waals surface area contributed by atoms with Crippen molar-refractivity contribution in [2.75, 3.05) is 36.6 Å². The molecule has 0 radical (unpaired) electrons. The largest absolute Gasteiger partial charge is 0.489 e. The lowest BCUT2D eigenvalue weighted by molar-refractivity contribution is 0.329. The molecule has 0 fully saturated rings. The number of thiophene rings is 1. The van der Waals surface area contributed by atoms with E-state index >= 15 is 4.39 Å². The lowest BCUT2D eigenvalue weighted by Gasteiger charge is -2.30. The Morgan fingerprint density at radius 3 is 2.78 bits per heavy atom. The van der Waals surface area contributed by atoms with E-state index in [9.17, 15) is 9.65 Å². The molecule has 0 saturated heterocycles. The number of fused-ring (bicyclic) bond motifs is 1. The molecule has 1 aliphatic heterocycles. The van der Waals surface area contributed by atoms with Gasteiger partial charge in [-0.25, -0.2) is 13.8 Å². The van der Waals surface area contributed by atoms with Crippen LogP contribution in [-0.2, 0) is 0 Å². The molecule has 6 rings (SSSR count). The number of aromatic nitrogens is 3. The van der Waals surface area contributed by atoms with E-state index in [1.54, 1.807) is 18.3 Å². The highest BCUT2D eigenvalue weighted by molar-refractivity contribution is 7.23. The van der Waals surface area contributed by atoms with Crippen LogP contribution < -0.4 is 25.8 Å². The Bertz CT molecular complexity index is 1940. The zero-order valence-corrected chi connectivity index (χ0v) is 23.0. The van der Waals surface area contributed by atoms with Gasteiger partial charge in [0.05, 0.1) is 40.4 Å². The normalized spacial score (nSPS) is 13.5. The van der Waals surface area contributed by atoms with Gasteiger partial charge in [-0.2, -0.15) is 15.2 Å². The fourth-order valence-corrected chi connectivity index (χ4v) is 6.42. The average molecular weight is 592 g/mol. The van der Waals surface area contributed by atoms with Crippen LogP contribution in [0.3, 0.4) is 0 Å². The van der Waals surface area contributed by atoms with Gasteiger partial charge in [0.25, 0.3) is 0 Å². The Hall–Kier alpha value is -4.73. The first kappa shape index (κ1) is 26.5. The number of rotatable bonds is 5. The maximum atomic E-state index is 16.7. The maximum Gasteiger partial charge on any atom is 0.318 e. The molecule has 4 N–H and O–H groups in total. The molecule has 4 heterocycles. The molecule has 5 aromatic rings. The van der Waals surface area contributed by atoms with Crippen LogP contribution in [0.2, 0.25) is 5.02 Å². The number of ether oxygens (including phenoxy) is 2. The summed E-state index contributed by atoms with van der Waals surface area (Å²) in [5.41, 5.74) is 12.8. The van der Waals surface area contributed by atoms with Crippen molar-refractivity contribution >= 4 is 60.6 Å². The number of hydrogen-bond donors (Lipinski definition) is 2. The fraction of sp³-hybridized carbons (Fsp3) is 0.143. The van der Waals surface area contributed by atoms with Crippen LogP contribution in [0.5, 0.6) is 11.8 Å². The zero-order chi connectivity index (χ0) is 29.0. The first-order valence-electron chi connectivity index (χ1n) is 12.2. The quantitative estimate of drug-likeness (QED) is 0.235. The van der Waals surface area contributed by atoms with Crippen LogP contribution >= 0.6 is 22.9 Å². The van der Waals surface area contributed by atoms with E-state index in [4.69, 9.17) is 32.5 Å². The van der Waals surface area contributed by atoms with Crippen LogP contribution in [0.25, 0.3) is 32.1 Å². The van der Waals surface area contributed by atoms with Crippen molar-refractivity contribution in [3.63, 3.8) is 0 Å². The number of methoxy groups -OCH3 is 1. The predicted molar refractivity (Wildman–Crippen MR) is 155 cm³/mol. The summed E-state index contributed by atoms with van der Waals surface area (Å²) < 4.78 is 43.1. The van der Waals surface area contributed by atoms with Crippen LogP contribution in [0.4, 0.5) is 25.4 Å². The van der Waals surface area contributed by atoms with Gasteiger partial charge in [-0.05, 0) is 17.7 Å². The number of nitriles is 1. The monoisotopic (exact) mass is 591 g/mol. The van der Waals surface area contributed by atoms with Crippen molar-refractivity contribution in [1.82, 2.24) is 15.0 Å². The van der Waals surface area contributed by atoms with Gasteiger partial charge >= 0.3 is 6.01 Å². The third-order valence-electron chi connectivity index (χ3n) is 6.92. The number of nitrogens with two attached hydrogens (primary N) is 2. The van der Waals surface area contributed by atoms with E-state index in [-0.39, 0.29) is 78.4 Å². The number of pyridine rings is 1. The summed E-state index contributed by atoms with van der Waals surface area (Å²) in [4.78, 5) is 14.9. The Morgan fingerprint density at radius 2 is 2.07 bits per heavy atom. The molecule has 9 nitrogen and oxygen atoms in total. The number of hydrogen-bond acceptors (Lipinski definition) is 10. The summed E-state index contributed by atoms with van der Waals surface area (Å²) >= 11 is 7.80. The molecule has 3 aromatic heterocycles. The standard InChI is InChI=1S/C28H20ClF2N7O2S/c1-3-16(12-5-4-8-35-25(12)33)38-9-10-40-23-19-22(36-28(39-2)37-27(19)38)21(31)18(20(23)29)13-6-7-15(30)24-17(13)14(11-32)26(34)41-24/h3-8,16H,1,9-10,34H2,2H3,(H2,33,35). The fourth-order valence-electron chi connectivity index (χ4n) is 5.14. The van der Waals surface area contributed by atoms with E-state index < -0.39 is 17.7 Å². The number of benzene rings is 2. The number of nitrogens with zero attached hydrogens (tertiary/aromatic N) is 5. The highest BCUT2D eigenvalue weighted by Crippen LogP contribution is 2.51. The first-order chi connectivity index (χ1) is 19.8. The predicted octanol–water partition coefficient (Wildman–Crippen LogP) is 6.01. The second-order valence-corrected chi connectivity index (χ2v) is 10.5. The van der Waals surface area contributed by atoms with E-state index in [0.29, 0.717) is 11.4 Å². The molecule has 13 heteroatoms. The minimum Gasteiger partial charge on any atom is -0.489 e. The number of anilines is 3. The van der Waals surface area contributed by atoms with E-state index in [2.05, 4.69) is 21.5 Å². The minimum atomic E-state index is -0.834. The van der Waals surface area contributed by atoms with Gasteiger partial charge < -0.3 is 25.8 Å². The van der Waals surface area contributed by atoms with Gasteiger partial charge in [-0.15, -0.1) is 17.9 Å². The molecule has 2 aromatic carbocycles. The summed E-state index contributed by atoms with van der Waals surface area (Å²) in [6.45, 7) is 4.39. The molecule has 0 spiro atoms. The molecule has 0 bridgehead atoms.